The molecule has 1 fully saturated rings. The second-order valence-corrected chi connectivity index (χ2v) is 5.41. The summed E-state index contributed by atoms with van der Waals surface area (Å²) in [7, 11) is 0. The van der Waals surface area contributed by atoms with Crippen LogP contribution in [0.1, 0.15) is 37.0 Å². The summed E-state index contributed by atoms with van der Waals surface area (Å²) in [5, 5.41) is 0.677. The Bertz CT molecular complexity index is 419. The number of benzene rings is 1. The summed E-state index contributed by atoms with van der Waals surface area (Å²) in [6.07, 6.45) is 3.24. The van der Waals surface area contributed by atoms with Crippen LogP contribution >= 0.6 is 11.6 Å². The minimum Gasteiger partial charge on any atom is -0.368 e. The molecule has 0 spiro atoms. The zero-order chi connectivity index (χ0) is 12.4. The summed E-state index contributed by atoms with van der Waals surface area (Å²) in [4.78, 5) is 13.0. The summed E-state index contributed by atoms with van der Waals surface area (Å²) < 4.78 is 0. The normalized spacial score (nSPS) is 24.8. The van der Waals surface area contributed by atoms with Gasteiger partial charge in [0.15, 0.2) is 0 Å². The zero-order valence-corrected chi connectivity index (χ0v) is 11.1. The third kappa shape index (κ3) is 2.63. The van der Waals surface area contributed by atoms with Gasteiger partial charge in [0.1, 0.15) is 6.29 Å². The lowest BCUT2D eigenvalue weighted by molar-refractivity contribution is 0.112. The smallest absolute Gasteiger partial charge is 0.150 e. The highest BCUT2D eigenvalue weighted by Gasteiger charge is 2.24. The highest BCUT2D eigenvalue weighted by Crippen LogP contribution is 2.33. The van der Waals surface area contributed by atoms with Gasteiger partial charge in [-0.3, -0.25) is 4.79 Å². The van der Waals surface area contributed by atoms with E-state index in [1.54, 1.807) is 6.07 Å². The van der Waals surface area contributed by atoms with Crippen LogP contribution < -0.4 is 4.90 Å². The molecular weight excluding hydrogens is 234 g/mol. The van der Waals surface area contributed by atoms with E-state index in [0.29, 0.717) is 16.6 Å². The van der Waals surface area contributed by atoms with Crippen LogP contribution in [0.15, 0.2) is 18.2 Å². The fourth-order valence-electron chi connectivity index (χ4n) is 2.59. The first-order valence-electron chi connectivity index (χ1n) is 6.13. The molecule has 17 heavy (non-hydrogen) atoms. The summed E-state index contributed by atoms with van der Waals surface area (Å²) in [5.41, 5.74) is 1.69. The highest BCUT2D eigenvalue weighted by molar-refractivity contribution is 6.33. The molecule has 0 N–H and O–H groups in total. The third-order valence-electron chi connectivity index (χ3n) is 3.56. The molecule has 1 heterocycles. The lowest BCUT2D eigenvalue weighted by Crippen LogP contribution is -2.40. The van der Waals surface area contributed by atoms with Gasteiger partial charge in [0.25, 0.3) is 0 Å². The van der Waals surface area contributed by atoms with E-state index in [-0.39, 0.29) is 0 Å². The minimum absolute atomic E-state index is 0.512. The number of carbonyl (C=O) groups is 1. The summed E-state index contributed by atoms with van der Waals surface area (Å²) in [6.45, 7) is 5.58. The SMILES string of the molecule is CC1CCN(c2ccc(C=O)cc2Cl)C(C)C1. The molecule has 1 aliphatic rings. The summed E-state index contributed by atoms with van der Waals surface area (Å²) in [6, 6.07) is 6.05. The van der Waals surface area contributed by atoms with E-state index >= 15 is 0 Å². The number of hydrogen-bond donors (Lipinski definition) is 0. The van der Waals surface area contributed by atoms with Crippen LogP contribution in [0.3, 0.4) is 0 Å². The van der Waals surface area contributed by atoms with Gasteiger partial charge in [0.2, 0.25) is 0 Å². The number of halogens is 1. The molecular formula is C14H18ClNO. The number of anilines is 1. The van der Waals surface area contributed by atoms with E-state index in [9.17, 15) is 4.79 Å². The molecule has 92 valence electrons. The molecule has 2 unspecified atom stereocenters. The number of rotatable bonds is 2. The molecule has 2 atom stereocenters. The Morgan fingerprint density at radius 2 is 2.18 bits per heavy atom. The molecule has 1 saturated heterocycles. The van der Waals surface area contributed by atoms with E-state index in [1.807, 2.05) is 12.1 Å². The molecule has 0 saturated carbocycles. The average molecular weight is 252 g/mol. The highest BCUT2D eigenvalue weighted by atomic mass is 35.5. The Labute approximate surface area is 108 Å². The Balaban J connectivity index is 2.25. The second-order valence-electron chi connectivity index (χ2n) is 5.00. The number of piperidine rings is 1. The fraction of sp³-hybridized carbons (Fsp3) is 0.500. The monoisotopic (exact) mass is 251 g/mol. The standard InChI is InChI=1S/C14H18ClNO/c1-10-5-6-16(11(2)7-10)14-4-3-12(9-17)8-13(14)15/h3-4,8-11H,5-7H2,1-2H3. The van der Waals surface area contributed by atoms with Gasteiger partial charge in [-0.15, -0.1) is 0 Å². The van der Waals surface area contributed by atoms with Crippen LogP contribution in [0, 0.1) is 5.92 Å². The second kappa shape index (κ2) is 5.09. The van der Waals surface area contributed by atoms with Crippen molar-refractivity contribution in [3.63, 3.8) is 0 Å². The topological polar surface area (TPSA) is 20.3 Å². The van der Waals surface area contributed by atoms with Crippen molar-refractivity contribution in [3.8, 4) is 0 Å². The van der Waals surface area contributed by atoms with Crippen molar-refractivity contribution < 1.29 is 4.79 Å². The lowest BCUT2D eigenvalue weighted by atomic mass is 9.93. The maximum Gasteiger partial charge on any atom is 0.150 e. The Hall–Kier alpha value is -1.02. The lowest BCUT2D eigenvalue weighted by Gasteiger charge is -2.38. The Morgan fingerprint density at radius 3 is 2.76 bits per heavy atom. The summed E-state index contributed by atoms with van der Waals surface area (Å²) in [5.74, 6) is 0.786. The molecule has 0 radical (unpaired) electrons. The first-order valence-corrected chi connectivity index (χ1v) is 6.51. The number of hydrogen-bond acceptors (Lipinski definition) is 2. The molecule has 1 aromatic rings. The number of nitrogens with zero attached hydrogens (tertiary/aromatic N) is 1. The van der Waals surface area contributed by atoms with Gasteiger partial charge in [0.05, 0.1) is 10.7 Å². The molecule has 0 aromatic heterocycles. The molecule has 0 bridgehead atoms. The first-order chi connectivity index (χ1) is 8.11. The molecule has 1 aliphatic heterocycles. The predicted molar refractivity (Wildman–Crippen MR) is 72.0 cm³/mol. The average Bonchev–Trinajstić information content (AvgIpc) is 2.30. The van der Waals surface area contributed by atoms with Gasteiger partial charge >= 0.3 is 0 Å². The molecule has 0 amide bonds. The number of carbonyl (C=O) groups excluding carboxylic acids is 1. The van der Waals surface area contributed by atoms with Crippen molar-refractivity contribution in [2.75, 3.05) is 11.4 Å². The maximum atomic E-state index is 10.7. The van der Waals surface area contributed by atoms with E-state index in [4.69, 9.17) is 11.6 Å². The van der Waals surface area contributed by atoms with Gasteiger partial charge in [-0.05, 0) is 43.9 Å². The van der Waals surface area contributed by atoms with Gasteiger partial charge in [-0.1, -0.05) is 18.5 Å². The fourth-order valence-corrected chi connectivity index (χ4v) is 2.89. The van der Waals surface area contributed by atoms with Crippen LogP contribution in [0.4, 0.5) is 5.69 Å². The van der Waals surface area contributed by atoms with E-state index in [2.05, 4.69) is 18.7 Å². The number of aldehydes is 1. The maximum absolute atomic E-state index is 10.7. The van der Waals surface area contributed by atoms with Crippen LogP contribution in [0.2, 0.25) is 5.02 Å². The molecule has 2 rings (SSSR count). The van der Waals surface area contributed by atoms with Crippen molar-refractivity contribution >= 4 is 23.6 Å². The minimum atomic E-state index is 0.512. The predicted octanol–water partition coefficient (Wildman–Crippen LogP) is 3.78. The van der Waals surface area contributed by atoms with Crippen molar-refractivity contribution in [1.29, 1.82) is 0 Å². The van der Waals surface area contributed by atoms with Crippen LogP contribution in [-0.2, 0) is 0 Å². The van der Waals surface area contributed by atoms with Crippen molar-refractivity contribution in [3.05, 3.63) is 28.8 Å². The van der Waals surface area contributed by atoms with E-state index in [1.165, 1.54) is 12.8 Å². The Kier molecular flexibility index (Phi) is 3.72. The van der Waals surface area contributed by atoms with Gasteiger partial charge < -0.3 is 4.90 Å². The Morgan fingerprint density at radius 1 is 1.41 bits per heavy atom. The van der Waals surface area contributed by atoms with Crippen LogP contribution in [0.25, 0.3) is 0 Å². The zero-order valence-electron chi connectivity index (χ0n) is 10.3. The molecule has 3 heteroatoms. The largest absolute Gasteiger partial charge is 0.368 e. The van der Waals surface area contributed by atoms with E-state index in [0.717, 1.165) is 24.4 Å². The van der Waals surface area contributed by atoms with Gasteiger partial charge in [-0.25, -0.2) is 0 Å². The molecule has 1 aromatic carbocycles. The van der Waals surface area contributed by atoms with Crippen LogP contribution in [0.5, 0.6) is 0 Å². The van der Waals surface area contributed by atoms with Crippen molar-refractivity contribution in [1.82, 2.24) is 0 Å². The first kappa shape index (κ1) is 12.4. The molecule has 0 aliphatic carbocycles. The van der Waals surface area contributed by atoms with Crippen LogP contribution in [-0.4, -0.2) is 18.9 Å². The van der Waals surface area contributed by atoms with E-state index < -0.39 is 0 Å². The van der Waals surface area contributed by atoms with Gasteiger partial charge in [0, 0.05) is 18.2 Å². The molecule has 2 nitrogen and oxygen atoms in total. The van der Waals surface area contributed by atoms with Crippen molar-refractivity contribution in [2.24, 2.45) is 5.92 Å². The quantitative estimate of drug-likeness (QED) is 0.746. The third-order valence-corrected chi connectivity index (χ3v) is 3.86. The summed E-state index contributed by atoms with van der Waals surface area (Å²) >= 11 is 6.24. The van der Waals surface area contributed by atoms with Gasteiger partial charge in [-0.2, -0.15) is 0 Å². The van der Waals surface area contributed by atoms with Crippen molar-refractivity contribution in [2.45, 2.75) is 32.7 Å².